The van der Waals surface area contributed by atoms with Crippen molar-refractivity contribution in [1.29, 1.82) is 0 Å². The van der Waals surface area contributed by atoms with Gasteiger partial charge in [-0.15, -0.1) is 0 Å². The van der Waals surface area contributed by atoms with Crippen molar-refractivity contribution < 1.29 is 27.4 Å². The minimum Gasteiger partial charge on any atom is -0.460 e. The van der Waals surface area contributed by atoms with Crippen LogP contribution in [0.3, 0.4) is 0 Å². The molecule has 3 nitrogen and oxygen atoms in total. The molecule has 1 fully saturated rings. The third-order valence-electron chi connectivity index (χ3n) is 1.92. The molecule has 2 atom stereocenters. The highest BCUT2D eigenvalue weighted by atomic mass is 19.4. The summed E-state index contributed by atoms with van der Waals surface area (Å²) in [6, 6.07) is 0. The average Bonchev–Trinajstić information content (AvgIpc) is 1.99. The summed E-state index contributed by atoms with van der Waals surface area (Å²) in [4.78, 5) is 10.5. The first-order chi connectivity index (χ1) is 6.45. The fraction of sp³-hybridized carbons (Fsp3) is 0.625. The van der Waals surface area contributed by atoms with Crippen molar-refractivity contribution in [2.24, 2.45) is 5.92 Å². The predicted molar refractivity (Wildman–Crippen MR) is 40.4 cm³/mol. The normalized spacial score (nSPS) is 26.5. The van der Waals surface area contributed by atoms with Crippen LogP contribution in [-0.2, 0) is 14.3 Å². The zero-order chi connectivity index (χ0) is 10.8. The van der Waals surface area contributed by atoms with Gasteiger partial charge in [0.05, 0.1) is 6.61 Å². The molecule has 80 valence electrons. The Kier molecular flexibility index (Phi) is 3.15. The van der Waals surface area contributed by atoms with Crippen LogP contribution < -0.4 is 0 Å². The zero-order valence-electron chi connectivity index (χ0n) is 7.21. The first-order valence-corrected chi connectivity index (χ1v) is 3.92. The number of alkyl halides is 3. The van der Waals surface area contributed by atoms with Gasteiger partial charge in [-0.2, -0.15) is 13.2 Å². The molecular weight excluding hydrogens is 201 g/mol. The van der Waals surface area contributed by atoms with Gasteiger partial charge < -0.3 is 9.47 Å². The van der Waals surface area contributed by atoms with Gasteiger partial charge >= 0.3 is 12.1 Å². The molecule has 2 unspecified atom stereocenters. The minimum atomic E-state index is -4.29. The highest BCUT2D eigenvalue weighted by molar-refractivity contribution is 5.81. The Labute approximate surface area is 78.5 Å². The first kappa shape index (κ1) is 11.0. The average molecular weight is 210 g/mol. The fourth-order valence-electron chi connectivity index (χ4n) is 1.02. The maximum absolute atomic E-state index is 12.1. The van der Waals surface area contributed by atoms with Crippen LogP contribution in [0.25, 0.3) is 0 Å². The molecule has 0 aromatic rings. The van der Waals surface area contributed by atoms with Crippen molar-refractivity contribution in [1.82, 2.24) is 0 Å². The highest BCUT2D eigenvalue weighted by Gasteiger charge is 2.51. The van der Waals surface area contributed by atoms with Gasteiger partial charge in [0.2, 0.25) is 0 Å². The number of rotatable bonds is 3. The topological polar surface area (TPSA) is 35.5 Å². The standard InChI is InChI=1S/C8H9F3O3/c1-2-7(12)14-4-6-5(3-13-6)8(9,10)11/h2,5-6H,1,3-4H2. The van der Waals surface area contributed by atoms with Gasteiger partial charge in [0.1, 0.15) is 18.6 Å². The summed E-state index contributed by atoms with van der Waals surface area (Å²) in [7, 11) is 0. The maximum Gasteiger partial charge on any atom is 0.396 e. The number of ether oxygens (including phenoxy) is 2. The quantitative estimate of drug-likeness (QED) is 0.520. The number of esters is 1. The molecule has 14 heavy (non-hydrogen) atoms. The Morgan fingerprint density at radius 2 is 2.29 bits per heavy atom. The van der Waals surface area contributed by atoms with Gasteiger partial charge in [0.25, 0.3) is 0 Å². The van der Waals surface area contributed by atoms with Gasteiger partial charge in [-0.05, 0) is 0 Å². The lowest BCUT2D eigenvalue weighted by Crippen LogP contribution is -2.51. The molecule has 0 aromatic carbocycles. The Bertz CT molecular complexity index is 236. The van der Waals surface area contributed by atoms with Crippen LogP contribution in [0.4, 0.5) is 13.2 Å². The number of carbonyl (C=O) groups excluding carboxylic acids is 1. The van der Waals surface area contributed by atoms with Crippen LogP contribution in [0.1, 0.15) is 0 Å². The van der Waals surface area contributed by atoms with Crippen LogP contribution in [0.15, 0.2) is 12.7 Å². The van der Waals surface area contributed by atoms with Crippen molar-refractivity contribution >= 4 is 5.97 Å². The molecule has 0 amide bonds. The van der Waals surface area contributed by atoms with E-state index in [1.54, 1.807) is 0 Å². The van der Waals surface area contributed by atoms with E-state index in [0.29, 0.717) is 0 Å². The van der Waals surface area contributed by atoms with E-state index in [9.17, 15) is 18.0 Å². The molecule has 0 bridgehead atoms. The molecule has 6 heteroatoms. The van der Waals surface area contributed by atoms with Crippen molar-refractivity contribution in [3.05, 3.63) is 12.7 Å². The monoisotopic (exact) mass is 210 g/mol. The van der Waals surface area contributed by atoms with Crippen molar-refractivity contribution in [3.8, 4) is 0 Å². The highest BCUT2D eigenvalue weighted by Crippen LogP contribution is 2.36. The smallest absolute Gasteiger partial charge is 0.396 e. The Morgan fingerprint density at radius 3 is 2.64 bits per heavy atom. The molecular formula is C8H9F3O3. The van der Waals surface area contributed by atoms with Crippen molar-refractivity contribution in [2.45, 2.75) is 12.3 Å². The number of hydrogen-bond acceptors (Lipinski definition) is 3. The molecule has 1 heterocycles. The summed E-state index contributed by atoms with van der Waals surface area (Å²) in [6.07, 6.45) is -4.47. The number of halogens is 3. The summed E-state index contributed by atoms with van der Waals surface area (Å²) in [5, 5.41) is 0. The van der Waals surface area contributed by atoms with E-state index in [1.165, 1.54) is 0 Å². The van der Waals surface area contributed by atoms with E-state index in [0.717, 1.165) is 6.08 Å². The molecule has 0 saturated carbocycles. The first-order valence-electron chi connectivity index (χ1n) is 3.92. The molecule has 1 saturated heterocycles. The van der Waals surface area contributed by atoms with Crippen molar-refractivity contribution in [3.63, 3.8) is 0 Å². The van der Waals surface area contributed by atoms with E-state index in [1.807, 2.05) is 0 Å². The summed E-state index contributed by atoms with van der Waals surface area (Å²) >= 11 is 0. The van der Waals surface area contributed by atoms with E-state index in [-0.39, 0.29) is 13.2 Å². The third-order valence-corrected chi connectivity index (χ3v) is 1.92. The molecule has 0 radical (unpaired) electrons. The van der Waals surface area contributed by atoms with Crippen LogP contribution in [-0.4, -0.2) is 31.5 Å². The Balaban J connectivity index is 2.33. The van der Waals surface area contributed by atoms with Gasteiger partial charge in [-0.1, -0.05) is 6.58 Å². The largest absolute Gasteiger partial charge is 0.460 e. The second kappa shape index (κ2) is 4.00. The Morgan fingerprint density at radius 1 is 1.64 bits per heavy atom. The van der Waals surface area contributed by atoms with Gasteiger partial charge in [-0.3, -0.25) is 0 Å². The fourth-order valence-corrected chi connectivity index (χ4v) is 1.02. The maximum atomic E-state index is 12.1. The zero-order valence-corrected chi connectivity index (χ0v) is 7.21. The lowest BCUT2D eigenvalue weighted by atomic mass is 9.98. The van der Waals surface area contributed by atoms with Gasteiger partial charge in [0.15, 0.2) is 0 Å². The number of hydrogen-bond donors (Lipinski definition) is 0. The van der Waals surface area contributed by atoms with Crippen molar-refractivity contribution in [2.75, 3.05) is 13.2 Å². The van der Waals surface area contributed by atoms with E-state index < -0.39 is 24.2 Å². The lowest BCUT2D eigenvalue weighted by molar-refractivity contribution is -0.280. The molecule has 1 rings (SSSR count). The molecule has 0 aliphatic carbocycles. The minimum absolute atomic E-state index is 0.361. The molecule has 0 N–H and O–H groups in total. The van der Waals surface area contributed by atoms with Crippen LogP contribution >= 0.6 is 0 Å². The van der Waals surface area contributed by atoms with E-state index >= 15 is 0 Å². The summed E-state index contributed by atoms with van der Waals surface area (Å²) < 4.78 is 45.4. The van der Waals surface area contributed by atoms with Crippen LogP contribution in [0, 0.1) is 5.92 Å². The molecule has 1 aliphatic heterocycles. The van der Waals surface area contributed by atoms with E-state index in [4.69, 9.17) is 0 Å². The predicted octanol–water partition coefficient (Wildman–Crippen LogP) is 1.29. The molecule has 0 aromatic heterocycles. The Hall–Kier alpha value is -1.04. The van der Waals surface area contributed by atoms with E-state index in [2.05, 4.69) is 16.1 Å². The van der Waals surface area contributed by atoms with Gasteiger partial charge in [-0.25, -0.2) is 4.79 Å². The second-order valence-electron chi connectivity index (χ2n) is 2.85. The van der Waals surface area contributed by atoms with Crippen LogP contribution in [0.2, 0.25) is 0 Å². The van der Waals surface area contributed by atoms with Crippen LogP contribution in [0.5, 0.6) is 0 Å². The molecule has 1 aliphatic rings. The third kappa shape index (κ3) is 2.47. The summed E-state index contributed by atoms with van der Waals surface area (Å²) in [5.74, 6) is -2.28. The summed E-state index contributed by atoms with van der Waals surface area (Å²) in [6.45, 7) is 2.37. The van der Waals surface area contributed by atoms with Gasteiger partial charge in [0, 0.05) is 6.08 Å². The SMILES string of the molecule is C=CC(=O)OCC1OCC1C(F)(F)F. The lowest BCUT2D eigenvalue weighted by Gasteiger charge is -2.37. The second-order valence-corrected chi connectivity index (χ2v) is 2.85. The number of carbonyl (C=O) groups is 1. The summed E-state index contributed by atoms with van der Waals surface area (Å²) in [5.41, 5.74) is 0. The molecule has 0 spiro atoms.